The molecule has 3 aromatic heterocycles. The van der Waals surface area contributed by atoms with Gasteiger partial charge in [-0.25, -0.2) is 4.79 Å². The maximum absolute atomic E-state index is 14.8. The highest BCUT2D eigenvalue weighted by atomic mass is 32.1. The minimum Gasteiger partial charge on any atom is -0.508 e. The quantitative estimate of drug-likeness (QED) is 0.0138. The number of hydrogen-bond acceptors (Lipinski definition) is 23. The number of phenolic OH excluding ortho intramolecular Hbond substituents is 1. The summed E-state index contributed by atoms with van der Waals surface area (Å²) >= 11 is 8.76. The normalized spacial score (nSPS) is 14.9. The zero-order valence-corrected chi connectivity index (χ0v) is 75.1. The molecule has 40 nitrogen and oxygen atoms in total. The molecule has 0 unspecified atom stereocenters. The molecule has 1 aliphatic rings. The Bertz CT molecular complexity index is 5330. The number of aliphatic carboxylic acids is 1. The van der Waals surface area contributed by atoms with E-state index in [4.69, 9.17) is 26.4 Å². The van der Waals surface area contributed by atoms with Crippen molar-refractivity contribution in [3.63, 3.8) is 0 Å². The van der Waals surface area contributed by atoms with Crippen LogP contribution in [0.5, 0.6) is 11.5 Å². The second-order valence-electron chi connectivity index (χ2n) is 32.6. The van der Waals surface area contributed by atoms with Crippen molar-refractivity contribution in [3.8, 4) is 11.5 Å². The maximum Gasteiger partial charge on any atom is 0.336 e. The molecule has 4 aromatic carbocycles. The Morgan fingerprint density at radius 1 is 0.527 bits per heavy atom. The summed E-state index contributed by atoms with van der Waals surface area (Å²) in [5.41, 5.74) is 19.2. The Labute approximate surface area is 764 Å². The van der Waals surface area contributed by atoms with Gasteiger partial charge in [0.15, 0.2) is 0 Å². The number of rotatable bonds is 53. The molecule has 12 atom stereocenters. The average Bonchev–Trinajstić information content (AvgIpc) is 1.62. The Balaban J connectivity index is 0.907. The van der Waals surface area contributed by atoms with Gasteiger partial charge in [0.25, 0.3) is 0 Å². The topological polar surface area (TPSA) is 627 Å². The largest absolute Gasteiger partial charge is 0.508 e. The first-order valence-electron chi connectivity index (χ1n) is 43.1. The van der Waals surface area contributed by atoms with Crippen LogP contribution in [0, 0.1) is 11.8 Å². The fourth-order valence-corrected chi connectivity index (χ4v) is 15.5. The molecule has 0 saturated carbocycles. The van der Waals surface area contributed by atoms with Crippen LogP contribution in [0.3, 0.4) is 0 Å². The number of carboxylic acids is 1. The van der Waals surface area contributed by atoms with Gasteiger partial charge in [-0.05, 0) is 122 Å². The van der Waals surface area contributed by atoms with Crippen molar-refractivity contribution in [2.45, 2.75) is 210 Å². The molecule has 0 aliphatic carbocycles. The number of unbranched alkanes of at least 4 members (excludes halogenated alkanes) is 2. The van der Waals surface area contributed by atoms with E-state index in [2.05, 4.69) is 99.0 Å². The molecular formula is C89H116N18O22S2. The first kappa shape index (κ1) is 103. The lowest BCUT2D eigenvalue weighted by molar-refractivity contribution is -0.142. The molecular weight excluding hydrogens is 1740 g/mol. The summed E-state index contributed by atoms with van der Waals surface area (Å²) < 4.78 is 10.5. The van der Waals surface area contributed by atoms with Gasteiger partial charge in [0.2, 0.25) is 94.5 Å². The number of nitrogens with one attached hydrogen (secondary N) is 14. The van der Waals surface area contributed by atoms with Crippen molar-refractivity contribution in [1.82, 2.24) is 78.7 Å². The monoisotopic (exact) mass is 1850 g/mol. The minimum atomic E-state index is -1.74. The van der Waals surface area contributed by atoms with E-state index in [1.807, 2.05) is 0 Å². The Hall–Kier alpha value is -13.5. The summed E-state index contributed by atoms with van der Waals surface area (Å²) in [6.45, 7) is 6.26. The van der Waals surface area contributed by atoms with Crippen molar-refractivity contribution in [1.29, 1.82) is 0 Å². The SMILES string of the molecule is CC[C@H](C)[C@H](NC(=O)[C@H](Cc1c[nH]c2ccccc12)NC(=O)[C@H](CS)NC(=O)[C@H](CC(C)C)NC(=O)CNC(=O)[C@H](Cc1ccc(O)cc1)NC(=O)[C@@H]1CCCN1C(=O)[C@H](CS)NC(=O)[C@H](CCC(=O)O)NC(=O)[C@H](Cc1c[nH]c2ccccc12)NC(=O)[C@H](CCC(N)=O)NC(=O)CCCCCNC(=O)Cc1cc(=O)oc2cc(OC)ccc12)C(=O)N[C@@H](CCC(N)=O)C(N)=O. The van der Waals surface area contributed by atoms with E-state index in [9.17, 15) is 96.5 Å². The molecule has 0 spiro atoms. The number of phenols is 1. The Kier molecular flexibility index (Phi) is 39.6. The number of thiol groups is 2. The third-order valence-electron chi connectivity index (χ3n) is 22.2. The molecule has 1 aliphatic heterocycles. The van der Waals surface area contributed by atoms with Gasteiger partial charge >= 0.3 is 11.6 Å². The van der Waals surface area contributed by atoms with Crippen LogP contribution >= 0.6 is 25.3 Å². The van der Waals surface area contributed by atoms with E-state index in [0.717, 1.165) is 4.90 Å². The molecule has 131 heavy (non-hydrogen) atoms. The number of hydrogen-bond donors (Lipinski definition) is 21. The number of nitrogens with two attached hydrogens (primary N) is 3. The van der Waals surface area contributed by atoms with Crippen molar-refractivity contribution < 1.29 is 101 Å². The number of benzene rings is 4. The van der Waals surface area contributed by atoms with Crippen LogP contribution in [0.4, 0.5) is 0 Å². The van der Waals surface area contributed by atoms with Crippen LogP contribution in [0.15, 0.2) is 119 Å². The van der Waals surface area contributed by atoms with Crippen molar-refractivity contribution >= 4 is 159 Å². The summed E-state index contributed by atoms with van der Waals surface area (Å²) in [6.07, 6.45) is 1.48. The number of nitrogens with zero attached hydrogens (tertiary/aromatic N) is 1. The number of aromatic hydroxyl groups is 1. The van der Waals surface area contributed by atoms with E-state index in [0.29, 0.717) is 74.5 Å². The van der Waals surface area contributed by atoms with Crippen molar-refractivity contribution in [2.75, 3.05) is 38.2 Å². The molecule has 1 saturated heterocycles. The molecule has 706 valence electrons. The van der Waals surface area contributed by atoms with Crippen LogP contribution in [0.25, 0.3) is 32.8 Å². The zero-order chi connectivity index (χ0) is 95.7. The summed E-state index contributed by atoms with van der Waals surface area (Å²) in [6, 6.07) is 9.71. The number of carboxylic acid groups (broad SMARTS) is 1. The van der Waals surface area contributed by atoms with E-state index >= 15 is 0 Å². The second-order valence-corrected chi connectivity index (χ2v) is 33.3. The number of primary amides is 3. The smallest absolute Gasteiger partial charge is 0.336 e. The summed E-state index contributed by atoms with van der Waals surface area (Å²) in [7, 11) is 1.46. The van der Waals surface area contributed by atoms with Gasteiger partial charge in [0.1, 0.15) is 83.5 Å². The van der Waals surface area contributed by atoms with Gasteiger partial charge in [0, 0.05) is 121 Å². The molecule has 16 amide bonds. The predicted octanol–water partition coefficient (Wildman–Crippen LogP) is 0.205. The molecule has 22 N–H and O–H groups in total. The summed E-state index contributed by atoms with van der Waals surface area (Å²) in [5.74, 6) is -16.3. The highest BCUT2D eigenvalue weighted by Crippen LogP contribution is 2.27. The number of aromatic amines is 2. The van der Waals surface area contributed by atoms with Crippen LogP contribution in [-0.4, -0.2) is 230 Å². The van der Waals surface area contributed by atoms with Crippen molar-refractivity contribution in [2.24, 2.45) is 29.0 Å². The number of carbonyl (C=O) groups is 17. The molecule has 42 heteroatoms. The van der Waals surface area contributed by atoms with Crippen LogP contribution < -0.4 is 91.4 Å². The highest BCUT2D eigenvalue weighted by molar-refractivity contribution is 7.80. The number of methoxy groups -OCH3 is 1. The summed E-state index contributed by atoms with van der Waals surface area (Å²) in [5, 5.41) is 53.4. The minimum absolute atomic E-state index is 0.0208. The second kappa shape index (κ2) is 50.4. The number of aromatic nitrogens is 2. The highest BCUT2D eigenvalue weighted by Gasteiger charge is 2.42. The van der Waals surface area contributed by atoms with Crippen LogP contribution in [0.1, 0.15) is 140 Å². The first-order chi connectivity index (χ1) is 62.5. The fourth-order valence-electron chi connectivity index (χ4n) is 15.0. The lowest BCUT2D eigenvalue weighted by Crippen LogP contribution is -2.61. The third kappa shape index (κ3) is 31.4. The Morgan fingerprint density at radius 2 is 1.05 bits per heavy atom. The number of para-hydroxylation sites is 2. The maximum atomic E-state index is 14.8. The molecule has 0 bridgehead atoms. The predicted molar refractivity (Wildman–Crippen MR) is 487 cm³/mol. The number of carbonyl (C=O) groups excluding carboxylic acids is 16. The van der Waals surface area contributed by atoms with Gasteiger partial charge in [0.05, 0.1) is 20.1 Å². The zero-order valence-electron chi connectivity index (χ0n) is 73.3. The number of fused-ring (bicyclic) bond motifs is 3. The molecule has 8 rings (SSSR count). The lowest BCUT2D eigenvalue weighted by atomic mass is 9.96. The first-order valence-corrected chi connectivity index (χ1v) is 44.4. The number of H-pyrrole nitrogens is 2. The fraction of sp³-hybridized carbons (Fsp3) is 0.461. The van der Waals surface area contributed by atoms with E-state index in [1.54, 1.807) is 101 Å². The number of likely N-dealkylation sites (tertiary alicyclic amines) is 1. The van der Waals surface area contributed by atoms with Crippen molar-refractivity contribution in [3.05, 3.63) is 142 Å². The third-order valence-corrected chi connectivity index (χ3v) is 23.0. The lowest BCUT2D eigenvalue weighted by Gasteiger charge is -2.30. The number of amides is 16. The van der Waals surface area contributed by atoms with E-state index in [1.165, 1.54) is 43.5 Å². The van der Waals surface area contributed by atoms with Gasteiger partial charge in [-0.1, -0.05) is 89.1 Å². The van der Waals surface area contributed by atoms with Crippen LogP contribution in [0.2, 0.25) is 0 Å². The summed E-state index contributed by atoms with van der Waals surface area (Å²) in [4.78, 5) is 254. The average molecular weight is 1850 g/mol. The molecule has 4 heterocycles. The molecule has 7 aromatic rings. The standard InChI is InChI=1S/C89H116N18O22S2/c1-6-48(4)78(88(126)99-60(79(92)117)27-30-71(90)109)106-85(123)66(38-52-43-95-59-18-12-10-16-56(52)59)102-86(124)67(45-130)104-83(121)63(35-47(2)3)98-75(113)44-96-80(118)64(36-49-21-23-53(108)24-22-49)103-87(125)69-19-14-34-107(69)89(127)68(46-131)105-82(120)62(29-32-76(114)115)100-84(122)65(37-51-42-94-58-17-11-9-15-55(51)58)101-81(119)61(28-31-72(91)110)97-73(111)20-8-7-13-33-93-74(112)39-50-40-77(116)129-70-41-54(128-5)25-26-57(50)70/h9-12,15-18,21-26,40-43,47-48,60-69,78,94-95,108,130-131H,6-8,13-14,19-20,27-39,44-46H2,1-5H3,(H2,90,109)(H2,91,110)(H2,92,117)(H,93,112)(H,96,118)(H,97,111)(H,98,113)(H,99,126)(H,100,122)(H,101,119)(H,102,124)(H,103,125)(H,104,121)(H,105,120)(H,106,123)(H,114,115)/t48-,60-,61-,62-,63-,64-,65-,66-,67-,68-,69-,78-/m0/s1. The number of ether oxygens (including phenoxy) is 1. The van der Waals surface area contributed by atoms with Gasteiger partial charge in [-0.15, -0.1) is 0 Å². The molecule has 0 radical (unpaired) electrons. The van der Waals surface area contributed by atoms with Crippen LogP contribution in [-0.2, 0) is 107 Å². The van der Waals surface area contributed by atoms with E-state index < -0.39 is 204 Å². The van der Waals surface area contributed by atoms with Gasteiger partial charge in [-0.2, -0.15) is 25.3 Å². The molecule has 1 fully saturated rings. The van der Waals surface area contributed by atoms with E-state index in [-0.39, 0.29) is 119 Å². The van der Waals surface area contributed by atoms with Gasteiger partial charge in [-0.3, -0.25) is 81.5 Å². The Morgan fingerprint density at radius 3 is 1.63 bits per heavy atom. The van der Waals surface area contributed by atoms with Gasteiger partial charge < -0.3 is 115 Å².